The van der Waals surface area contributed by atoms with Gasteiger partial charge in [0.05, 0.1) is 72.3 Å². The normalized spacial score (nSPS) is 11.8. The number of aromatic nitrogens is 5. The average Bonchev–Trinajstić information content (AvgIpc) is 4.20. The maximum Gasteiger partial charge on any atom is 0.102 e. The Morgan fingerprint density at radius 3 is 1.16 bits per heavy atom. The molecule has 5 heterocycles. The van der Waals surface area contributed by atoms with Crippen molar-refractivity contribution in [3.8, 4) is 57.3 Å². The number of hydrogen-bond donors (Lipinski definition) is 0. The molecule has 15 rings (SSSR count). The number of rotatable bonds is 6. The van der Waals surface area contributed by atoms with Crippen LogP contribution in [0.2, 0.25) is 0 Å². The Kier molecular flexibility index (Phi) is 8.95. The second-order valence-electron chi connectivity index (χ2n) is 18.9. The van der Waals surface area contributed by atoms with E-state index in [9.17, 15) is 10.5 Å². The second kappa shape index (κ2) is 16.0. The number of para-hydroxylation sites is 6. The Morgan fingerprint density at radius 2 is 0.730 bits per heavy atom. The molecule has 0 aliphatic heterocycles. The summed E-state index contributed by atoms with van der Waals surface area (Å²) in [6.45, 7) is 0. The summed E-state index contributed by atoms with van der Waals surface area (Å²) in [5.74, 6) is 0. The van der Waals surface area contributed by atoms with Crippen molar-refractivity contribution < 1.29 is 0 Å². The predicted octanol–water partition coefficient (Wildman–Crippen LogP) is 16.5. The van der Waals surface area contributed by atoms with E-state index < -0.39 is 0 Å². The first-order chi connectivity index (χ1) is 36.7. The predicted molar refractivity (Wildman–Crippen MR) is 302 cm³/mol. The zero-order valence-electron chi connectivity index (χ0n) is 39.6. The highest BCUT2D eigenvalue weighted by Gasteiger charge is 2.29. The number of benzene rings is 10. The van der Waals surface area contributed by atoms with Gasteiger partial charge in [0.25, 0.3) is 0 Å². The van der Waals surface area contributed by atoms with Gasteiger partial charge < -0.3 is 18.3 Å². The number of fused-ring (bicyclic) bond motifs is 14. The fourth-order valence-corrected chi connectivity index (χ4v) is 12.1. The van der Waals surface area contributed by atoms with Crippen molar-refractivity contribution in [1.82, 2.24) is 23.3 Å². The van der Waals surface area contributed by atoms with Crippen molar-refractivity contribution in [3.63, 3.8) is 0 Å². The summed E-state index contributed by atoms with van der Waals surface area (Å²) < 4.78 is 9.22. The molecule has 0 bridgehead atoms. The van der Waals surface area contributed by atoms with Crippen molar-refractivity contribution in [3.05, 3.63) is 248 Å². The first-order valence-electron chi connectivity index (χ1n) is 24.8. The monoisotopic (exact) mass is 941 g/mol. The minimum Gasteiger partial charge on any atom is -0.309 e. The summed E-state index contributed by atoms with van der Waals surface area (Å²) in [4.78, 5) is 5.13. The van der Waals surface area contributed by atoms with Crippen LogP contribution in [0.5, 0.6) is 0 Å². The van der Waals surface area contributed by atoms with Crippen LogP contribution in [-0.2, 0) is 0 Å². The quantitative estimate of drug-likeness (QED) is 0.167. The molecule has 5 aromatic heterocycles. The molecule has 7 nitrogen and oxygen atoms in total. The highest BCUT2D eigenvalue weighted by molar-refractivity contribution is 6.28. The van der Waals surface area contributed by atoms with E-state index in [1.807, 2.05) is 36.5 Å². The summed E-state index contributed by atoms with van der Waals surface area (Å²) in [7, 11) is 0. The van der Waals surface area contributed by atoms with Crippen LogP contribution in [0.4, 0.5) is 0 Å². The van der Waals surface area contributed by atoms with Gasteiger partial charge in [-0.1, -0.05) is 158 Å². The largest absolute Gasteiger partial charge is 0.309 e. The molecule has 0 fully saturated rings. The zero-order chi connectivity index (χ0) is 49.0. The third-order valence-corrected chi connectivity index (χ3v) is 15.1. The molecule has 0 aliphatic carbocycles. The van der Waals surface area contributed by atoms with Crippen LogP contribution in [0.25, 0.3) is 132 Å². The lowest BCUT2D eigenvalue weighted by molar-refractivity contribution is 1.11. The van der Waals surface area contributed by atoms with Gasteiger partial charge in [-0.25, -0.2) is 0 Å². The first-order valence-corrected chi connectivity index (χ1v) is 24.8. The molecule has 10 aromatic carbocycles. The molecule has 0 aliphatic rings. The lowest BCUT2D eigenvalue weighted by Crippen LogP contribution is -2.08. The van der Waals surface area contributed by atoms with Crippen molar-refractivity contribution in [1.29, 1.82) is 10.5 Å². The summed E-state index contributed by atoms with van der Waals surface area (Å²) in [6, 6.07) is 85.6. The van der Waals surface area contributed by atoms with Gasteiger partial charge in [0.2, 0.25) is 0 Å². The van der Waals surface area contributed by atoms with Crippen molar-refractivity contribution in [2.45, 2.75) is 0 Å². The second-order valence-corrected chi connectivity index (χ2v) is 18.9. The van der Waals surface area contributed by atoms with E-state index >= 15 is 0 Å². The molecule has 0 saturated heterocycles. The number of nitrogens with zero attached hydrogens (tertiary/aromatic N) is 7. The highest BCUT2D eigenvalue weighted by atomic mass is 15.0. The highest BCUT2D eigenvalue weighted by Crippen LogP contribution is 2.47. The molecule has 0 atom stereocenters. The van der Waals surface area contributed by atoms with Gasteiger partial charge in [-0.3, -0.25) is 4.98 Å². The van der Waals surface area contributed by atoms with Gasteiger partial charge >= 0.3 is 0 Å². The molecule has 74 heavy (non-hydrogen) atoms. The van der Waals surface area contributed by atoms with Gasteiger partial charge in [-0.2, -0.15) is 10.5 Å². The van der Waals surface area contributed by atoms with E-state index in [0.717, 1.165) is 110 Å². The molecule has 0 N–H and O–H groups in total. The summed E-state index contributed by atoms with van der Waals surface area (Å²) in [5, 5.41) is 32.4. The molecule has 0 unspecified atom stereocenters. The van der Waals surface area contributed by atoms with E-state index in [1.54, 1.807) is 0 Å². The minimum absolute atomic E-state index is 0.351. The van der Waals surface area contributed by atoms with E-state index in [4.69, 9.17) is 4.98 Å². The molecule has 0 radical (unpaired) electrons. The maximum absolute atomic E-state index is 11.8. The standard InChI is InChI=1S/C67H39N7/c68-39-52-61(73-57-30-16-12-26-50(57)64-59(73)36-33-48-46-24-10-14-28-55(46)71(66(48)64)44-20-6-2-7-21-44)38-62(53(40-69)63(52)54-35-32-43(41-70-54)42-18-4-1-5-19-42)74-58-31-17-13-27-51(58)65-60(74)37-34-49-47-25-11-15-29-56(47)72(67(49)65)45-22-8-3-9-23-45/h1-38,41H. The fourth-order valence-electron chi connectivity index (χ4n) is 12.1. The Morgan fingerprint density at radius 1 is 0.324 bits per heavy atom. The van der Waals surface area contributed by atoms with Crippen LogP contribution in [0.15, 0.2) is 237 Å². The molecule has 342 valence electrons. The SMILES string of the molecule is N#Cc1c(-n2c3ccccc3c3c2ccc2c4ccccc4n(-c4ccccc4)c23)cc(-n2c3ccccc3c3c2ccc2c4ccccc4n(-c4ccccc4)c23)c(C#N)c1-c1ccc(-c2ccccc2)cn1. The van der Waals surface area contributed by atoms with E-state index in [-0.39, 0.29) is 0 Å². The van der Waals surface area contributed by atoms with Crippen LogP contribution >= 0.6 is 0 Å². The third-order valence-electron chi connectivity index (χ3n) is 15.1. The Hall–Kier alpha value is -10.5. The fraction of sp³-hybridized carbons (Fsp3) is 0. The Labute approximate surface area is 424 Å². The van der Waals surface area contributed by atoms with Gasteiger partial charge in [0, 0.05) is 71.8 Å². The van der Waals surface area contributed by atoms with Gasteiger partial charge in [-0.05, 0) is 78.4 Å². The zero-order valence-corrected chi connectivity index (χ0v) is 39.6. The summed E-state index contributed by atoms with van der Waals surface area (Å²) in [6.07, 6.45) is 1.85. The number of hydrogen-bond acceptors (Lipinski definition) is 3. The lowest BCUT2D eigenvalue weighted by atomic mass is 9.94. The van der Waals surface area contributed by atoms with Gasteiger partial charge in [0.15, 0.2) is 0 Å². The molecule has 0 amide bonds. The van der Waals surface area contributed by atoms with Crippen LogP contribution in [0, 0.1) is 22.7 Å². The molecule has 15 aromatic rings. The molecular formula is C67H39N7. The molecule has 0 spiro atoms. The van der Waals surface area contributed by atoms with Crippen molar-refractivity contribution in [2.24, 2.45) is 0 Å². The minimum atomic E-state index is 0.351. The molecule has 0 saturated carbocycles. The topological polar surface area (TPSA) is 80.2 Å². The van der Waals surface area contributed by atoms with Gasteiger partial charge in [-0.15, -0.1) is 0 Å². The molecule has 7 heteroatoms. The van der Waals surface area contributed by atoms with Crippen LogP contribution in [0.3, 0.4) is 0 Å². The van der Waals surface area contributed by atoms with Crippen LogP contribution in [-0.4, -0.2) is 23.3 Å². The number of pyridine rings is 1. The lowest BCUT2D eigenvalue weighted by Gasteiger charge is -2.20. The smallest absolute Gasteiger partial charge is 0.102 e. The van der Waals surface area contributed by atoms with Crippen molar-refractivity contribution in [2.75, 3.05) is 0 Å². The average molecular weight is 942 g/mol. The number of nitriles is 2. The maximum atomic E-state index is 11.8. The van der Waals surface area contributed by atoms with Crippen LogP contribution < -0.4 is 0 Å². The third kappa shape index (κ3) is 5.78. The van der Waals surface area contributed by atoms with Gasteiger partial charge in [0.1, 0.15) is 12.1 Å². The Balaban J connectivity index is 1.11. The van der Waals surface area contributed by atoms with Crippen LogP contribution in [0.1, 0.15) is 11.1 Å². The van der Waals surface area contributed by atoms with E-state index in [0.29, 0.717) is 33.8 Å². The Bertz CT molecular complexity index is 4620. The van der Waals surface area contributed by atoms with E-state index in [2.05, 4.69) is 231 Å². The summed E-state index contributed by atoms with van der Waals surface area (Å²) in [5.41, 5.74) is 15.2. The van der Waals surface area contributed by atoms with E-state index in [1.165, 1.54) is 0 Å². The molecular weight excluding hydrogens is 903 g/mol. The first kappa shape index (κ1) is 41.3. The van der Waals surface area contributed by atoms with Crippen molar-refractivity contribution >= 4 is 87.2 Å². The summed E-state index contributed by atoms with van der Waals surface area (Å²) >= 11 is 0.